The lowest BCUT2D eigenvalue weighted by molar-refractivity contribution is 0.320. The van der Waals surface area contributed by atoms with E-state index in [2.05, 4.69) is 24.9 Å². The summed E-state index contributed by atoms with van der Waals surface area (Å²) in [6.45, 7) is 4.58. The molecular weight excluding hydrogens is 226 g/mol. The highest BCUT2D eigenvalue weighted by molar-refractivity contribution is 7.09. The Morgan fingerprint density at radius 2 is 2.40 bits per heavy atom. The van der Waals surface area contributed by atoms with Gasteiger partial charge in [0.1, 0.15) is 0 Å². The Bertz CT molecular complexity index is 354. The van der Waals surface area contributed by atoms with Crippen LogP contribution in [0.5, 0.6) is 0 Å². The van der Waals surface area contributed by atoms with Crippen LogP contribution in [0.1, 0.15) is 31.7 Å². The van der Waals surface area contributed by atoms with Gasteiger partial charge in [-0.05, 0) is 18.3 Å². The van der Waals surface area contributed by atoms with Crippen molar-refractivity contribution in [3.05, 3.63) is 28.2 Å². The summed E-state index contributed by atoms with van der Waals surface area (Å²) in [5, 5.41) is 3.42. The fraction of sp³-hybridized carbons (Fsp3) is 0.583. The Balaban J connectivity index is 2.09. The molecule has 0 saturated heterocycles. The molecule has 1 aliphatic carbocycles. The molecule has 1 aliphatic rings. The van der Waals surface area contributed by atoms with Crippen LogP contribution in [0.4, 0.5) is 0 Å². The Morgan fingerprint density at radius 1 is 1.60 bits per heavy atom. The van der Waals surface area contributed by atoms with Crippen molar-refractivity contribution in [1.29, 1.82) is 0 Å². The number of halogens is 1. The van der Waals surface area contributed by atoms with Crippen molar-refractivity contribution in [1.82, 2.24) is 4.98 Å². The maximum atomic E-state index is 6.24. The van der Waals surface area contributed by atoms with Crippen LogP contribution in [0.2, 0.25) is 0 Å². The van der Waals surface area contributed by atoms with Gasteiger partial charge in [0.25, 0.3) is 0 Å². The lowest BCUT2D eigenvalue weighted by Crippen LogP contribution is -2.22. The predicted molar refractivity (Wildman–Crippen MR) is 66.6 cm³/mol. The van der Waals surface area contributed by atoms with E-state index in [9.17, 15) is 0 Å². The molecule has 0 aliphatic heterocycles. The molecule has 0 saturated carbocycles. The minimum atomic E-state index is 0.198. The summed E-state index contributed by atoms with van der Waals surface area (Å²) in [5.74, 6) is 0. The Hall–Kier alpha value is -0.340. The van der Waals surface area contributed by atoms with Gasteiger partial charge in [0.2, 0.25) is 0 Å². The number of hydrogen-bond acceptors (Lipinski definition) is 2. The fourth-order valence-electron chi connectivity index (χ4n) is 2.24. The van der Waals surface area contributed by atoms with E-state index in [0.29, 0.717) is 5.41 Å². The van der Waals surface area contributed by atoms with Crippen LogP contribution in [-0.2, 0) is 6.42 Å². The van der Waals surface area contributed by atoms with Crippen molar-refractivity contribution in [3.8, 4) is 0 Å². The fourth-order valence-corrected chi connectivity index (χ4v) is 3.51. The monoisotopic (exact) mass is 241 g/mol. The van der Waals surface area contributed by atoms with E-state index in [1.807, 2.05) is 11.6 Å². The molecule has 0 fully saturated rings. The molecule has 1 aromatic rings. The topological polar surface area (TPSA) is 12.9 Å². The molecule has 1 heterocycles. The first-order valence-electron chi connectivity index (χ1n) is 5.27. The molecule has 0 radical (unpaired) electrons. The van der Waals surface area contributed by atoms with Gasteiger partial charge >= 0.3 is 0 Å². The molecule has 82 valence electrons. The number of nitrogens with zero attached hydrogens (tertiary/aromatic N) is 1. The molecule has 1 unspecified atom stereocenters. The zero-order valence-corrected chi connectivity index (χ0v) is 10.7. The Morgan fingerprint density at radius 3 is 3.00 bits per heavy atom. The number of alkyl halides is 1. The second kappa shape index (κ2) is 4.26. The van der Waals surface area contributed by atoms with Gasteiger partial charge in [-0.2, -0.15) is 0 Å². The summed E-state index contributed by atoms with van der Waals surface area (Å²) in [5.41, 5.74) is 1.79. The quantitative estimate of drug-likeness (QED) is 0.563. The maximum absolute atomic E-state index is 6.24. The Labute approximate surface area is 100 Å². The predicted octanol–water partition coefficient (Wildman–Crippen LogP) is 4.04. The highest BCUT2D eigenvalue weighted by atomic mass is 35.5. The van der Waals surface area contributed by atoms with Crippen molar-refractivity contribution in [2.45, 2.75) is 38.5 Å². The average molecular weight is 242 g/mol. The van der Waals surface area contributed by atoms with E-state index in [-0.39, 0.29) is 5.38 Å². The van der Waals surface area contributed by atoms with Crippen molar-refractivity contribution in [2.24, 2.45) is 5.41 Å². The van der Waals surface area contributed by atoms with Crippen LogP contribution < -0.4 is 0 Å². The molecule has 1 nitrogen and oxygen atoms in total. The molecule has 15 heavy (non-hydrogen) atoms. The number of thiazole rings is 1. The third-order valence-electron chi connectivity index (χ3n) is 2.73. The van der Waals surface area contributed by atoms with Gasteiger partial charge in [-0.15, -0.1) is 22.9 Å². The van der Waals surface area contributed by atoms with E-state index in [1.54, 1.807) is 11.3 Å². The van der Waals surface area contributed by atoms with Crippen LogP contribution in [-0.4, -0.2) is 10.4 Å². The van der Waals surface area contributed by atoms with Crippen LogP contribution >= 0.6 is 22.9 Å². The van der Waals surface area contributed by atoms with Crippen LogP contribution in [0.25, 0.3) is 0 Å². The zero-order valence-electron chi connectivity index (χ0n) is 9.16. The normalized spacial score (nSPS) is 25.0. The van der Waals surface area contributed by atoms with E-state index >= 15 is 0 Å². The van der Waals surface area contributed by atoms with Gasteiger partial charge in [-0.25, -0.2) is 4.98 Å². The maximum Gasteiger partial charge on any atom is 0.0965 e. The van der Waals surface area contributed by atoms with Crippen LogP contribution in [0.15, 0.2) is 23.2 Å². The summed E-state index contributed by atoms with van der Waals surface area (Å²) in [4.78, 5) is 4.32. The largest absolute Gasteiger partial charge is 0.249 e. The second-order valence-electron chi connectivity index (χ2n) is 4.99. The highest BCUT2D eigenvalue weighted by Gasteiger charge is 2.27. The van der Waals surface area contributed by atoms with E-state index in [1.165, 1.54) is 10.6 Å². The number of rotatable bonds is 2. The van der Waals surface area contributed by atoms with Gasteiger partial charge in [0.05, 0.1) is 10.4 Å². The lowest BCUT2D eigenvalue weighted by atomic mass is 9.76. The van der Waals surface area contributed by atoms with Crippen molar-refractivity contribution in [3.63, 3.8) is 0 Å². The van der Waals surface area contributed by atoms with E-state index in [4.69, 9.17) is 11.6 Å². The number of aromatic nitrogens is 1. The van der Waals surface area contributed by atoms with Gasteiger partial charge in [0, 0.05) is 18.0 Å². The molecule has 2 rings (SSSR count). The smallest absolute Gasteiger partial charge is 0.0965 e. The van der Waals surface area contributed by atoms with Gasteiger partial charge in [0.15, 0.2) is 0 Å². The summed E-state index contributed by atoms with van der Waals surface area (Å²) in [6.07, 6.45) is 7.29. The molecule has 3 heteroatoms. The SMILES string of the molecule is CC1(C)CC(Cc2nccs2)=CC(Cl)C1. The zero-order chi connectivity index (χ0) is 10.9. The van der Waals surface area contributed by atoms with Crippen molar-refractivity contribution < 1.29 is 0 Å². The molecule has 0 N–H and O–H groups in total. The van der Waals surface area contributed by atoms with Gasteiger partial charge in [-0.1, -0.05) is 25.5 Å². The third kappa shape index (κ3) is 3.05. The number of hydrogen-bond donors (Lipinski definition) is 0. The standard InChI is InChI=1S/C12H16ClNS/c1-12(2)7-9(5-10(13)8-12)6-11-14-3-4-15-11/h3-5,10H,6-8H2,1-2H3. The first kappa shape index (κ1) is 11.2. The molecule has 0 aromatic carbocycles. The third-order valence-corrected chi connectivity index (χ3v) is 3.79. The van der Waals surface area contributed by atoms with E-state index < -0.39 is 0 Å². The molecule has 1 aromatic heterocycles. The Kier molecular flexibility index (Phi) is 3.17. The summed E-state index contributed by atoms with van der Waals surface area (Å²) in [6, 6.07) is 0. The molecule has 1 atom stereocenters. The summed E-state index contributed by atoms with van der Waals surface area (Å²) in [7, 11) is 0. The lowest BCUT2D eigenvalue weighted by Gasteiger charge is -2.32. The molecular formula is C12H16ClNS. The minimum absolute atomic E-state index is 0.198. The first-order chi connectivity index (χ1) is 7.05. The highest BCUT2D eigenvalue weighted by Crippen LogP contribution is 2.38. The minimum Gasteiger partial charge on any atom is -0.249 e. The number of allylic oxidation sites excluding steroid dienone is 2. The second-order valence-corrected chi connectivity index (χ2v) is 6.53. The van der Waals surface area contributed by atoms with Crippen molar-refractivity contribution >= 4 is 22.9 Å². The van der Waals surface area contributed by atoms with Gasteiger partial charge < -0.3 is 0 Å². The van der Waals surface area contributed by atoms with Gasteiger partial charge in [-0.3, -0.25) is 0 Å². The van der Waals surface area contributed by atoms with Crippen LogP contribution in [0, 0.1) is 5.41 Å². The van der Waals surface area contributed by atoms with Crippen molar-refractivity contribution in [2.75, 3.05) is 0 Å². The molecule has 0 amide bonds. The average Bonchev–Trinajstić information content (AvgIpc) is 2.52. The molecule has 0 bridgehead atoms. The first-order valence-corrected chi connectivity index (χ1v) is 6.59. The van der Waals surface area contributed by atoms with E-state index in [0.717, 1.165) is 19.3 Å². The summed E-state index contributed by atoms with van der Waals surface area (Å²) < 4.78 is 0. The summed E-state index contributed by atoms with van der Waals surface area (Å²) >= 11 is 7.97. The molecule has 0 spiro atoms. The van der Waals surface area contributed by atoms with Crippen LogP contribution in [0.3, 0.4) is 0 Å².